The van der Waals surface area contributed by atoms with Crippen LogP contribution in [0.25, 0.3) is 10.2 Å². The Balaban J connectivity index is 1.75. The number of methoxy groups -OCH3 is 1. The lowest BCUT2D eigenvalue weighted by molar-refractivity contribution is 0.0482. The van der Waals surface area contributed by atoms with E-state index in [9.17, 15) is 9.59 Å². The van der Waals surface area contributed by atoms with Crippen LogP contribution in [0, 0.1) is 5.92 Å². The van der Waals surface area contributed by atoms with Gasteiger partial charge in [0, 0.05) is 19.1 Å². The Kier molecular flexibility index (Phi) is 5.13. The predicted octanol–water partition coefficient (Wildman–Crippen LogP) is 2.71. The van der Waals surface area contributed by atoms with Gasteiger partial charge in [0.2, 0.25) is 0 Å². The van der Waals surface area contributed by atoms with E-state index < -0.39 is 0 Å². The molecule has 1 saturated heterocycles. The summed E-state index contributed by atoms with van der Waals surface area (Å²) >= 11 is 1.39. The van der Waals surface area contributed by atoms with Crippen molar-refractivity contribution >= 4 is 21.6 Å². The highest BCUT2D eigenvalue weighted by molar-refractivity contribution is 7.17. The Morgan fingerprint density at radius 3 is 2.70 bits per heavy atom. The SMILES string of the molecule is COc1ccc(Cn2c(=O)c3sccc3n(CC3CCCOC3)c2=O)cc1. The summed E-state index contributed by atoms with van der Waals surface area (Å²) in [7, 11) is 1.61. The molecule has 27 heavy (non-hydrogen) atoms. The molecule has 3 aromatic rings. The van der Waals surface area contributed by atoms with Crippen LogP contribution in [0.2, 0.25) is 0 Å². The molecule has 7 heteroatoms. The second kappa shape index (κ2) is 7.70. The van der Waals surface area contributed by atoms with Crippen LogP contribution in [0.5, 0.6) is 5.75 Å². The van der Waals surface area contributed by atoms with Gasteiger partial charge in [-0.2, -0.15) is 0 Å². The van der Waals surface area contributed by atoms with Gasteiger partial charge in [-0.3, -0.25) is 13.9 Å². The maximum Gasteiger partial charge on any atom is 0.331 e. The smallest absolute Gasteiger partial charge is 0.331 e. The van der Waals surface area contributed by atoms with E-state index >= 15 is 0 Å². The Morgan fingerprint density at radius 1 is 1.19 bits per heavy atom. The summed E-state index contributed by atoms with van der Waals surface area (Å²) < 4.78 is 14.4. The molecule has 3 heterocycles. The minimum Gasteiger partial charge on any atom is -0.497 e. The van der Waals surface area contributed by atoms with E-state index in [0.29, 0.717) is 23.8 Å². The topological polar surface area (TPSA) is 62.5 Å². The highest BCUT2D eigenvalue weighted by Crippen LogP contribution is 2.20. The second-order valence-corrected chi connectivity index (χ2v) is 7.77. The quantitative estimate of drug-likeness (QED) is 0.676. The van der Waals surface area contributed by atoms with Crippen molar-refractivity contribution in [3.05, 3.63) is 62.1 Å². The summed E-state index contributed by atoms with van der Waals surface area (Å²) in [4.78, 5) is 26.1. The molecule has 1 unspecified atom stereocenters. The summed E-state index contributed by atoms with van der Waals surface area (Å²) in [5.74, 6) is 1.04. The summed E-state index contributed by atoms with van der Waals surface area (Å²) in [5.41, 5.74) is 1.13. The van der Waals surface area contributed by atoms with Gasteiger partial charge in [-0.25, -0.2) is 4.79 Å². The highest BCUT2D eigenvalue weighted by Gasteiger charge is 2.20. The summed E-state index contributed by atoms with van der Waals surface area (Å²) in [5, 5.41) is 1.87. The number of hydrogen-bond donors (Lipinski definition) is 0. The number of rotatable bonds is 5. The van der Waals surface area contributed by atoms with Crippen LogP contribution in [0.3, 0.4) is 0 Å². The molecular weight excluding hydrogens is 364 g/mol. The van der Waals surface area contributed by atoms with E-state index in [1.807, 2.05) is 35.7 Å². The number of benzene rings is 1. The van der Waals surface area contributed by atoms with Gasteiger partial charge >= 0.3 is 5.69 Å². The molecule has 142 valence electrons. The molecular formula is C20H22N2O4S. The van der Waals surface area contributed by atoms with Crippen molar-refractivity contribution in [2.75, 3.05) is 20.3 Å². The molecule has 0 bridgehead atoms. The zero-order valence-electron chi connectivity index (χ0n) is 15.2. The minimum atomic E-state index is -0.257. The lowest BCUT2D eigenvalue weighted by Crippen LogP contribution is -2.41. The molecule has 1 aliphatic rings. The molecule has 0 N–H and O–H groups in total. The average molecular weight is 386 g/mol. The molecule has 1 aromatic carbocycles. The van der Waals surface area contributed by atoms with E-state index in [1.54, 1.807) is 11.7 Å². The Hall–Kier alpha value is -2.38. The van der Waals surface area contributed by atoms with E-state index in [2.05, 4.69) is 0 Å². The van der Waals surface area contributed by atoms with Crippen LogP contribution in [-0.4, -0.2) is 29.5 Å². The molecule has 2 aromatic heterocycles. The minimum absolute atomic E-state index is 0.225. The first-order valence-electron chi connectivity index (χ1n) is 9.09. The normalized spacial score (nSPS) is 17.3. The van der Waals surface area contributed by atoms with E-state index in [-0.39, 0.29) is 17.8 Å². The van der Waals surface area contributed by atoms with Crippen molar-refractivity contribution in [3.63, 3.8) is 0 Å². The van der Waals surface area contributed by atoms with Crippen LogP contribution >= 0.6 is 11.3 Å². The summed E-state index contributed by atoms with van der Waals surface area (Å²) in [6.45, 7) is 2.28. The number of ether oxygens (including phenoxy) is 2. The number of thiophene rings is 1. The van der Waals surface area contributed by atoms with Crippen molar-refractivity contribution in [3.8, 4) is 5.75 Å². The number of hydrogen-bond acceptors (Lipinski definition) is 5. The summed E-state index contributed by atoms with van der Waals surface area (Å²) in [6.07, 6.45) is 2.05. The van der Waals surface area contributed by atoms with E-state index in [1.165, 1.54) is 15.9 Å². The van der Waals surface area contributed by atoms with E-state index in [4.69, 9.17) is 9.47 Å². The molecule has 0 amide bonds. The fraction of sp³-hybridized carbons (Fsp3) is 0.400. The molecule has 0 spiro atoms. The number of nitrogens with zero attached hydrogens (tertiary/aromatic N) is 2. The van der Waals surface area contributed by atoms with Crippen LogP contribution in [0.1, 0.15) is 18.4 Å². The maximum absolute atomic E-state index is 13.2. The molecule has 1 atom stereocenters. The first kappa shape index (κ1) is 18.0. The van der Waals surface area contributed by atoms with Gasteiger partial charge in [-0.15, -0.1) is 11.3 Å². The first-order chi connectivity index (χ1) is 13.2. The third-order valence-corrected chi connectivity index (χ3v) is 5.92. The maximum atomic E-state index is 13.2. The Labute approximate surface area is 160 Å². The third kappa shape index (κ3) is 3.57. The van der Waals surface area contributed by atoms with Crippen LogP contribution < -0.4 is 16.0 Å². The van der Waals surface area contributed by atoms with Crippen LogP contribution in [-0.2, 0) is 17.8 Å². The fourth-order valence-electron chi connectivity index (χ4n) is 3.57. The van der Waals surface area contributed by atoms with Gasteiger partial charge in [0.15, 0.2) is 0 Å². The standard InChI is InChI=1S/C20H22N2O4S/c1-25-16-6-4-14(5-7-16)11-22-19(23)18-17(8-10-27-18)21(20(22)24)12-15-3-2-9-26-13-15/h4-8,10,15H,2-3,9,11-13H2,1H3. The van der Waals surface area contributed by atoms with Gasteiger partial charge in [-0.05, 0) is 42.0 Å². The lowest BCUT2D eigenvalue weighted by Gasteiger charge is -2.23. The van der Waals surface area contributed by atoms with Gasteiger partial charge in [0.05, 0.1) is 25.8 Å². The fourth-order valence-corrected chi connectivity index (χ4v) is 4.42. The predicted molar refractivity (Wildman–Crippen MR) is 106 cm³/mol. The molecule has 0 radical (unpaired) electrons. The zero-order valence-corrected chi connectivity index (χ0v) is 16.0. The molecule has 4 rings (SSSR count). The monoisotopic (exact) mass is 386 g/mol. The number of aromatic nitrogens is 2. The van der Waals surface area contributed by atoms with Gasteiger partial charge < -0.3 is 9.47 Å². The largest absolute Gasteiger partial charge is 0.497 e. The Bertz CT molecular complexity index is 1040. The van der Waals surface area contributed by atoms with Crippen molar-refractivity contribution < 1.29 is 9.47 Å². The van der Waals surface area contributed by atoms with Crippen molar-refractivity contribution in [1.29, 1.82) is 0 Å². The second-order valence-electron chi connectivity index (χ2n) is 6.85. The van der Waals surface area contributed by atoms with Gasteiger partial charge in [0.1, 0.15) is 10.4 Å². The van der Waals surface area contributed by atoms with Crippen LogP contribution in [0.4, 0.5) is 0 Å². The van der Waals surface area contributed by atoms with Gasteiger partial charge in [0.25, 0.3) is 5.56 Å². The molecule has 6 nitrogen and oxygen atoms in total. The van der Waals surface area contributed by atoms with Crippen molar-refractivity contribution in [2.45, 2.75) is 25.9 Å². The molecule has 0 saturated carbocycles. The van der Waals surface area contributed by atoms with E-state index in [0.717, 1.165) is 36.3 Å². The highest BCUT2D eigenvalue weighted by atomic mass is 32.1. The number of fused-ring (bicyclic) bond motifs is 1. The third-order valence-electron chi connectivity index (χ3n) is 5.03. The molecule has 1 fully saturated rings. The lowest BCUT2D eigenvalue weighted by atomic mass is 10.0. The van der Waals surface area contributed by atoms with Crippen molar-refractivity contribution in [1.82, 2.24) is 9.13 Å². The van der Waals surface area contributed by atoms with Crippen LogP contribution in [0.15, 0.2) is 45.3 Å². The molecule has 1 aliphatic heterocycles. The first-order valence-corrected chi connectivity index (χ1v) is 9.97. The Morgan fingerprint density at radius 2 is 2.00 bits per heavy atom. The molecule has 0 aliphatic carbocycles. The van der Waals surface area contributed by atoms with Crippen molar-refractivity contribution in [2.24, 2.45) is 5.92 Å². The van der Waals surface area contributed by atoms with Gasteiger partial charge in [-0.1, -0.05) is 12.1 Å². The average Bonchev–Trinajstić information content (AvgIpc) is 3.20. The summed E-state index contributed by atoms with van der Waals surface area (Å²) in [6, 6.07) is 9.29. The zero-order chi connectivity index (χ0) is 18.8.